The number of carbonyl (C=O) groups excluding carboxylic acids is 3. The quantitative estimate of drug-likeness (QED) is 0.377. The Kier molecular flexibility index (Phi) is 9.46. The van der Waals surface area contributed by atoms with E-state index in [1.165, 1.54) is 43.6 Å². The summed E-state index contributed by atoms with van der Waals surface area (Å²) in [7, 11) is 1.22. The van der Waals surface area contributed by atoms with Gasteiger partial charge in [-0.05, 0) is 54.4 Å². The lowest BCUT2D eigenvalue weighted by Gasteiger charge is -2.26. The number of aliphatic carboxylic acids is 1. The third-order valence-corrected chi connectivity index (χ3v) is 6.67. The van der Waals surface area contributed by atoms with Crippen LogP contribution < -0.4 is 15.5 Å². The van der Waals surface area contributed by atoms with E-state index in [-0.39, 0.29) is 11.5 Å². The molecule has 12 heteroatoms. The van der Waals surface area contributed by atoms with E-state index >= 15 is 0 Å². The van der Waals surface area contributed by atoms with E-state index in [1.807, 2.05) is 4.90 Å². The smallest absolute Gasteiger partial charge is 0.411 e. The number of nitrogens with one attached hydrogen (secondary N) is 2. The van der Waals surface area contributed by atoms with Crippen molar-refractivity contribution in [3.63, 3.8) is 0 Å². The van der Waals surface area contributed by atoms with Gasteiger partial charge in [0.05, 0.1) is 36.5 Å². The predicted octanol–water partition coefficient (Wildman–Crippen LogP) is 3.70. The molecule has 1 fully saturated rings. The van der Waals surface area contributed by atoms with Crippen LogP contribution in [-0.4, -0.2) is 72.2 Å². The summed E-state index contributed by atoms with van der Waals surface area (Å²) in [6, 6.07) is 12.5. The number of anilines is 2. The van der Waals surface area contributed by atoms with E-state index in [0.717, 1.165) is 0 Å². The van der Waals surface area contributed by atoms with Crippen LogP contribution in [0.1, 0.15) is 45.2 Å². The first-order chi connectivity index (χ1) is 19.7. The predicted molar refractivity (Wildman–Crippen MR) is 148 cm³/mol. The first-order valence-electron chi connectivity index (χ1n) is 13.0. The van der Waals surface area contributed by atoms with Crippen molar-refractivity contribution < 1.29 is 33.4 Å². The Balaban J connectivity index is 1.54. The summed E-state index contributed by atoms with van der Waals surface area (Å²) in [5, 5.41) is 14.7. The van der Waals surface area contributed by atoms with Crippen molar-refractivity contribution in [2.45, 2.75) is 18.9 Å². The molecule has 2 heterocycles. The molecule has 3 N–H and O–H groups in total. The third-order valence-electron chi connectivity index (χ3n) is 6.67. The van der Waals surface area contributed by atoms with Crippen LogP contribution in [0, 0.1) is 5.82 Å². The second kappa shape index (κ2) is 13.4. The van der Waals surface area contributed by atoms with E-state index in [2.05, 4.69) is 15.6 Å². The van der Waals surface area contributed by atoms with Crippen molar-refractivity contribution in [3.8, 4) is 0 Å². The normalized spacial score (nSPS) is 14.0. The van der Waals surface area contributed by atoms with E-state index in [9.17, 15) is 28.7 Å². The molecule has 0 saturated carbocycles. The molecule has 0 aliphatic carbocycles. The Morgan fingerprint density at radius 3 is 2.49 bits per heavy atom. The highest BCUT2D eigenvalue weighted by atomic mass is 19.1. The Labute approximate surface area is 235 Å². The zero-order chi connectivity index (χ0) is 29.4. The molecule has 0 radical (unpaired) electrons. The molecule has 1 aromatic heterocycles. The van der Waals surface area contributed by atoms with E-state index in [1.54, 1.807) is 35.4 Å². The van der Waals surface area contributed by atoms with Gasteiger partial charge in [-0.2, -0.15) is 0 Å². The van der Waals surface area contributed by atoms with Crippen LogP contribution >= 0.6 is 0 Å². The lowest BCUT2D eigenvalue weighted by atomic mass is 10.0. The molecule has 4 rings (SSSR count). The summed E-state index contributed by atoms with van der Waals surface area (Å²) in [5.74, 6) is -2.32. The van der Waals surface area contributed by atoms with Gasteiger partial charge < -0.3 is 25.0 Å². The zero-order valence-electron chi connectivity index (χ0n) is 22.4. The zero-order valence-corrected chi connectivity index (χ0v) is 22.4. The number of nitrogens with zero attached hydrogens (tertiary/aromatic N) is 3. The molecule has 1 atom stereocenters. The number of ether oxygens (including phenoxy) is 1. The lowest BCUT2D eigenvalue weighted by Crippen LogP contribution is -2.35. The molecule has 2 aromatic carbocycles. The van der Waals surface area contributed by atoms with Crippen LogP contribution in [0.15, 0.2) is 67.0 Å². The van der Waals surface area contributed by atoms with Crippen LogP contribution in [0.3, 0.4) is 0 Å². The Morgan fingerprint density at radius 2 is 1.80 bits per heavy atom. The second-order valence-corrected chi connectivity index (χ2v) is 9.40. The van der Waals surface area contributed by atoms with Crippen molar-refractivity contribution in [1.29, 1.82) is 0 Å². The Bertz CT molecular complexity index is 1400. The highest BCUT2D eigenvalue weighted by molar-refractivity contribution is 5.99. The molecule has 11 nitrogen and oxygen atoms in total. The van der Waals surface area contributed by atoms with Gasteiger partial charge in [-0.15, -0.1) is 0 Å². The van der Waals surface area contributed by atoms with Gasteiger partial charge in [0.1, 0.15) is 5.82 Å². The minimum absolute atomic E-state index is 0.114. The molecule has 214 valence electrons. The number of methoxy groups -OCH3 is 1. The number of rotatable bonds is 8. The van der Waals surface area contributed by atoms with Crippen LogP contribution in [0.25, 0.3) is 0 Å². The average molecular weight is 564 g/mol. The van der Waals surface area contributed by atoms with Gasteiger partial charge in [0.25, 0.3) is 11.8 Å². The fraction of sp³-hybridized carbons (Fsp3) is 0.276. The second-order valence-electron chi connectivity index (χ2n) is 9.40. The summed E-state index contributed by atoms with van der Waals surface area (Å²) >= 11 is 0. The van der Waals surface area contributed by atoms with Crippen molar-refractivity contribution in [3.05, 3.63) is 89.5 Å². The monoisotopic (exact) mass is 563 g/mol. The largest absolute Gasteiger partial charge is 0.481 e. The summed E-state index contributed by atoms with van der Waals surface area (Å²) in [6.07, 6.45) is 2.66. The number of pyridine rings is 1. The van der Waals surface area contributed by atoms with E-state index in [4.69, 9.17) is 4.74 Å². The molecule has 3 amide bonds. The highest BCUT2D eigenvalue weighted by Crippen LogP contribution is 2.29. The van der Waals surface area contributed by atoms with Gasteiger partial charge in [0, 0.05) is 44.1 Å². The number of hydrogen-bond acceptors (Lipinski definition) is 7. The van der Waals surface area contributed by atoms with Crippen molar-refractivity contribution in [2.24, 2.45) is 0 Å². The summed E-state index contributed by atoms with van der Waals surface area (Å²) < 4.78 is 18.2. The molecule has 1 saturated heterocycles. The number of amides is 3. The maximum absolute atomic E-state index is 13.4. The number of halogens is 1. The van der Waals surface area contributed by atoms with Crippen LogP contribution in [0.4, 0.5) is 20.6 Å². The average Bonchev–Trinajstić information content (AvgIpc) is 3.23. The first kappa shape index (κ1) is 29.0. The van der Waals surface area contributed by atoms with Gasteiger partial charge in [0.15, 0.2) is 0 Å². The van der Waals surface area contributed by atoms with Gasteiger partial charge in [0.2, 0.25) is 0 Å². The lowest BCUT2D eigenvalue weighted by molar-refractivity contribution is -0.137. The number of benzene rings is 2. The SMILES string of the molecule is COC(=O)Nc1cc(C(=O)NC(CC(=O)O)c2ccc(F)cc2)ccc1N1CCCN(C(=O)c2cccnc2)CC1. The molecule has 1 aliphatic rings. The van der Waals surface area contributed by atoms with Crippen LogP contribution in [0.2, 0.25) is 0 Å². The Morgan fingerprint density at radius 1 is 1.02 bits per heavy atom. The number of carboxylic acid groups (broad SMARTS) is 1. The molecule has 0 spiro atoms. The first-order valence-corrected chi connectivity index (χ1v) is 13.0. The molecule has 0 bridgehead atoms. The van der Waals surface area contributed by atoms with Gasteiger partial charge in [-0.3, -0.25) is 24.7 Å². The summed E-state index contributed by atoms with van der Waals surface area (Å²) in [6.45, 7) is 2.03. The third kappa shape index (κ3) is 7.56. The molecule has 1 unspecified atom stereocenters. The van der Waals surface area contributed by atoms with Gasteiger partial charge >= 0.3 is 12.1 Å². The highest BCUT2D eigenvalue weighted by Gasteiger charge is 2.24. The molecule has 3 aromatic rings. The van der Waals surface area contributed by atoms with Gasteiger partial charge in [-0.1, -0.05) is 12.1 Å². The van der Waals surface area contributed by atoms with Crippen molar-refractivity contribution in [1.82, 2.24) is 15.2 Å². The maximum Gasteiger partial charge on any atom is 0.411 e. The standard InChI is InChI=1S/C29H30FN5O6/c1-41-29(40)33-24-16-20(27(38)32-23(17-26(36)37)19-5-8-22(30)9-6-19)7-10-25(24)34-12-3-13-35(15-14-34)28(39)21-4-2-11-31-18-21/h2,4-11,16,18,23H,3,12-15,17H2,1H3,(H,32,38)(H,33,40)(H,36,37). The topological polar surface area (TPSA) is 141 Å². The summed E-state index contributed by atoms with van der Waals surface area (Å²) in [5.41, 5.74) is 2.05. The minimum atomic E-state index is -1.14. The number of carboxylic acids is 1. The van der Waals surface area contributed by atoms with Crippen LogP contribution in [0.5, 0.6) is 0 Å². The molecular formula is C29H30FN5O6. The number of aromatic nitrogens is 1. The van der Waals surface area contributed by atoms with E-state index in [0.29, 0.717) is 55.1 Å². The fourth-order valence-corrected chi connectivity index (χ4v) is 4.61. The minimum Gasteiger partial charge on any atom is -0.481 e. The van der Waals surface area contributed by atoms with Crippen molar-refractivity contribution in [2.75, 3.05) is 43.5 Å². The maximum atomic E-state index is 13.4. The van der Waals surface area contributed by atoms with E-state index < -0.39 is 36.2 Å². The fourth-order valence-electron chi connectivity index (χ4n) is 4.61. The Hall–Kier alpha value is -5.00. The molecular weight excluding hydrogens is 533 g/mol. The molecule has 41 heavy (non-hydrogen) atoms. The molecule has 1 aliphatic heterocycles. The van der Waals surface area contributed by atoms with Gasteiger partial charge in [-0.25, -0.2) is 9.18 Å². The number of carbonyl (C=O) groups is 4. The number of hydrogen-bond donors (Lipinski definition) is 3. The van der Waals surface area contributed by atoms with Crippen molar-refractivity contribution >= 4 is 35.3 Å². The summed E-state index contributed by atoms with van der Waals surface area (Å²) in [4.78, 5) is 57.5. The van der Waals surface area contributed by atoms with Crippen LogP contribution in [-0.2, 0) is 9.53 Å².